The Kier molecular flexibility index (Phi) is 6.84. The lowest BCUT2D eigenvalue weighted by Gasteiger charge is -2.18. The molecule has 1 rings (SSSR count). The third-order valence-electron chi connectivity index (χ3n) is 2.79. The number of carbonyl (C=O) groups excluding carboxylic acids is 3. The van der Waals surface area contributed by atoms with Gasteiger partial charge in [0.05, 0.1) is 6.61 Å². The maximum Gasteiger partial charge on any atom is 0.408 e. The molecule has 0 saturated carbocycles. The van der Waals surface area contributed by atoms with Gasteiger partial charge in [-0.1, -0.05) is 30.3 Å². The smallest absolute Gasteiger partial charge is 0.408 e. The van der Waals surface area contributed by atoms with E-state index in [0.717, 1.165) is 5.56 Å². The van der Waals surface area contributed by atoms with Gasteiger partial charge in [-0.25, -0.2) is 4.79 Å². The summed E-state index contributed by atoms with van der Waals surface area (Å²) in [5.41, 5.74) is 5.79. The fourth-order valence-corrected chi connectivity index (χ4v) is 1.49. The van der Waals surface area contributed by atoms with Crippen molar-refractivity contribution in [3.8, 4) is 0 Å². The van der Waals surface area contributed by atoms with Crippen LogP contribution in [-0.2, 0) is 20.9 Å². The Morgan fingerprint density at radius 1 is 1.23 bits per heavy atom. The Morgan fingerprint density at radius 3 is 2.41 bits per heavy atom. The number of alkyl carbamates (subject to hydrolysis) is 1. The van der Waals surface area contributed by atoms with Crippen LogP contribution in [0.25, 0.3) is 0 Å². The van der Waals surface area contributed by atoms with Gasteiger partial charge in [0.15, 0.2) is 0 Å². The fraction of sp³-hybridized carbons (Fsp3) is 0.357. The number of nitrogens with two attached hydrogens (primary N) is 1. The van der Waals surface area contributed by atoms with E-state index in [1.54, 1.807) is 24.3 Å². The van der Waals surface area contributed by atoms with E-state index in [1.807, 2.05) is 6.07 Å². The summed E-state index contributed by atoms with van der Waals surface area (Å²) in [5.74, 6) is -1.46. The SMILES string of the molecule is C[C@@H](NC(=O)[C@H](CO)NC(=O)OCc1ccccc1)C(N)=O. The summed E-state index contributed by atoms with van der Waals surface area (Å²) in [7, 11) is 0. The molecule has 0 aliphatic heterocycles. The van der Waals surface area contributed by atoms with Crippen molar-refractivity contribution in [3.63, 3.8) is 0 Å². The molecule has 22 heavy (non-hydrogen) atoms. The molecule has 0 spiro atoms. The zero-order valence-electron chi connectivity index (χ0n) is 12.1. The number of hydrogen-bond donors (Lipinski definition) is 4. The van der Waals surface area contributed by atoms with E-state index in [-0.39, 0.29) is 6.61 Å². The minimum atomic E-state index is -1.23. The summed E-state index contributed by atoms with van der Waals surface area (Å²) in [6.45, 7) is 0.782. The molecular weight excluding hydrogens is 290 g/mol. The Labute approximate surface area is 127 Å². The molecule has 0 unspecified atom stereocenters. The molecule has 1 aromatic carbocycles. The van der Waals surface area contributed by atoms with E-state index in [9.17, 15) is 14.4 Å². The van der Waals surface area contributed by atoms with E-state index >= 15 is 0 Å². The number of amides is 3. The second-order valence-corrected chi connectivity index (χ2v) is 4.57. The third-order valence-corrected chi connectivity index (χ3v) is 2.79. The molecule has 0 aliphatic rings. The number of ether oxygens (including phenoxy) is 1. The van der Waals surface area contributed by atoms with Crippen LogP contribution in [0.3, 0.4) is 0 Å². The summed E-state index contributed by atoms with van der Waals surface area (Å²) in [6, 6.07) is 6.83. The molecule has 1 aromatic rings. The molecule has 0 heterocycles. The van der Waals surface area contributed by atoms with Crippen molar-refractivity contribution in [2.45, 2.75) is 25.6 Å². The fourth-order valence-electron chi connectivity index (χ4n) is 1.49. The number of primary amides is 1. The van der Waals surface area contributed by atoms with Crippen molar-refractivity contribution < 1.29 is 24.2 Å². The van der Waals surface area contributed by atoms with E-state index in [4.69, 9.17) is 15.6 Å². The van der Waals surface area contributed by atoms with Crippen LogP contribution in [0.15, 0.2) is 30.3 Å². The molecule has 8 nitrogen and oxygen atoms in total. The second kappa shape index (κ2) is 8.63. The van der Waals surface area contributed by atoms with Gasteiger partial charge in [-0.2, -0.15) is 0 Å². The minimum absolute atomic E-state index is 0.0319. The highest BCUT2D eigenvalue weighted by Crippen LogP contribution is 2.00. The lowest BCUT2D eigenvalue weighted by Crippen LogP contribution is -2.53. The van der Waals surface area contributed by atoms with E-state index in [2.05, 4.69) is 10.6 Å². The normalized spacial score (nSPS) is 12.8. The van der Waals surface area contributed by atoms with Crippen molar-refractivity contribution in [1.82, 2.24) is 10.6 Å². The van der Waals surface area contributed by atoms with Gasteiger partial charge in [0.2, 0.25) is 11.8 Å². The summed E-state index contributed by atoms with van der Waals surface area (Å²) >= 11 is 0. The predicted octanol–water partition coefficient (Wildman–Crippen LogP) is -0.736. The van der Waals surface area contributed by atoms with Crippen LogP contribution >= 0.6 is 0 Å². The van der Waals surface area contributed by atoms with E-state index in [0.29, 0.717) is 0 Å². The molecule has 0 fully saturated rings. The lowest BCUT2D eigenvalue weighted by molar-refractivity contribution is -0.128. The largest absolute Gasteiger partial charge is 0.445 e. The predicted molar refractivity (Wildman–Crippen MR) is 77.4 cm³/mol. The van der Waals surface area contributed by atoms with Gasteiger partial charge in [-0.3, -0.25) is 9.59 Å². The van der Waals surface area contributed by atoms with Gasteiger partial charge < -0.3 is 26.2 Å². The van der Waals surface area contributed by atoms with Gasteiger partial charge in [0.1, 0.15) is 18.7 Å². The van der Waals surface area contributed by atoms with Crippen molar-refractivity contribution >= 4 is 17.9 Å². The van der Waals surface area contributed by atoms with Crippen LogP contribution in [0.4, 0.5) is 4.79 Å². The second-order valence-electron chi connectivity index (χ2n) is 4.57. The van der Waals surface area contributed by atoms with Crippen LogP contribution in [-0.4, -0.2) is 41.7 Å². The lowest BCUT2D eigenvalue weighted by atomic mass is 10.2. The molecule has 0 bridgehead atoms. The van der Waals surface area contributed by atoms with E-state index < -0.39 is 36.6 Å². The van der Waals surface area contributed by atoms with Crippen LogP contribution in [0.2, 0.25) is 0 Å². The van der Waals surface area contributed by atoms with Crippen LogP contribution < -0.4 is 16.4 Å². The number of hydrogen-bond acceptors (Lipinski definition) is 5. The molecule has 5 N–H and O–H groups in total. The third kappa shape index (κ3) is 5.80. The first-order chi connectivity index (χ1) is 10.4. The Balaban J connectivity index is 2.45. The van der Waals surface area contributed by atoms with Crippen molar-refractivity contribution in [2.75, 3.05) is 6.61 Å². The van der Waals surface area contributed by atoms with Crippen molar-refractivity contribution in [3.05, 3.63) is 35.9 Å². The first kappa shape index (κ1) is 17.4. The highest BCUT2D eigenvalue weighted by Gasteiger charge is 2.23. The zero-order valence-corrected chi connectivity index (χ0v) is 12.1. The van der Waals surface area contributed by atoms with E-state index in [1.165, 1.54) is 6.92 Å². The highest BCUT2D eigenvalue weighted by atomic mass is 16.5. The summed E-state index contributed by atoms with van der Waals surface area (Å²) in [4.78, 5) is 34.2. The summed E-state index contributed by atoms with van der Waals surface area (Å²) in [6.07, 6.45) is -0.857. The molecular formula is C14H19N3O5. The highest BCUT2D eigenvalue weighted by molar-refractivity contribution is 5.90. The quantitative estimate of drug-likeness (QED) is 0.527. The number of aliphatic hydroxyl groups excluding tert-OH is 1. The molecule has 0 saturated heterocycles. The number of benzene rings is 1. The topological polar surface area (TPSA) is 131 Å². The molecule has 0 aliphatic carbocycles. The number of carbonyl (C=O) groups is 3. The first-order valence-electron chi connectivity index (χ1n) is 6.61. The monoisotopic (exact) mass is 309 g/mol. The zero-order chi connectivity index (χ0) is 16.5. The Morgan fingerprint density at radius 2 is 1.86 bits per heavy atom. The Bertz CT molecular complexity index is 520. The van der Waals surface area contributed by atoms with Gasteiger partial charge in [0.25, 0.3) is 0 Å². The number of rotatable bonds is 7. The summed E-state index contributed by atoms with van der Waals surface area (Å²) in [5, 5.41) is 13.6. The number of nitrogens with one attached hydrogen (secondary N) is 2. The van der Waals surface area contributed by atoms with Crippen LogP contribution in [0.1, 0.15) is 12.5 Å². The van der Waals surface area contributed by atoms with Crippen LogP contribution in [0, 0.1) is 0 Å². The van der Waals surface area contributed by atoms with Crippen molar-refractivity contribution in [2.24, 2.45) is 5.73 Å². The maximum absolute atomic E-state index is 11.7. The molecule has 0 aromatic heterocycles. The number of aliphatic hydroxyl groups is 1. The molecule has 0 radical (unpaired) electrons. The minimum Gasteiger partial charge on any atom is -0.445 e. The first-order valence-corrected chi connectivity index (χ1v) is 6.61. The molecule has 2 atom stereocenters. The molecule has 8 heteroatoms. The van der Waals surface area contributed by atoms with Crippen molar-refractivity contribution in [1.29, 1.82) is 0 Å². The van der Waals surface area contributed by atoms with Gasteiger partial charge in [-0.05, 0) is 12.5 Å². The van der Waals surface area contributed by atoms with Gasteiger partial charge >= 0.3 is 6.09 Å². The molecule has 120 valence electrons. The van der Waals surface area contributed by atoms with Gasteiger partial charge in [0, 0.05) is 0 Å². The Hall–Kier alpha value is -2.61. The molecule has 3 amide bonds. The van der Waals surface area contributed by atoms with Crippen LogP contribution in [0.5, 0.6) is 0 Å². The van der Waals surface area contributed by atoms with Gasteiger partial charge in [-0.15, -0.1) is 0 Å². The average molecular weight is 309 g/mol. The maximum atomic E-state index is 11.7. The standard InChI is InChI=1S/C14H19N3O5/c1-9(12(15)19)16-13(20)11(7-18)17-14(21)22-8-10-5-3-2-4-6-10/h2-6,9,11,18H,7-8H2,1H3,(H2,15,19)(H,16,20)(H,17,21)/t9-,11+/m1/s1. The summed E-state index contributed by atoms with van der Waals surface area (Å²) < 4.78 is 4.93. The average Bonchev–Trinajstić information content (AvgIpc) is 2.51.